The van der Waals surface area contributed by atoms with Gasteiger partial charge in [0.1, 0.15) is 17.8 Å². The molecule has 1 fully saturated rings. The van der Waals surface area contributed by atoms with Crippen molar-refractivity contribution in [2.24, 2.45) is 4.99 Å². The maximum Gasteiger partial charge on any atom is 0.161 e. The van der Waals surface area contributed by atoms with Crippen LogP contribution in [-0.2, 0) is 0 Å². The van der Waals surface area contributed by atoms with Gasteiger partial charge in [0.2, 0.25) is 0 Å². The van der Waals surface area contributed by atoms with Crippen molar-refractivity contribution in [3.63, 3.8) is 0 Å². The lowest BCUT2D eigenvalue weighted by Crippen LogP contribution is -2.28. The summed E-state index contributed by atoms with van der Waals surface area (Å²) in [5, 5.41) is 1.70. The molecular weight excluding hydrogens is 270 g/mol. The number of aliphatic imine (C=N–C) groups is 1. The summed E-state index contributed by atoms with van der Waals surface area (Å²) in [6.45, 7) is 3.25. The number of fused-ring (bicyclic) bond motifs is 1. The minimum absolute atomic E-state index is 0.0253. The van der Waals surface area contributed by atoms with Gasteiger partial charge in [0.25, 0.3) is 0 Å². The van der Waals surface area contributed by atoms with E-state index in [9.17, 15) is 0 Å². The topological polar surface area (TPSA) is 41.6 Å². The fraction of sp³-hybridized carbons (Fsp3) is 0.333. The molecule has 0 aliphatic carbocycles. The molecule has 4 nitrogen and oxygen atoms in total. The molecule has 0 unspecified atom stereocenters. The second kappa shape index (κ2) is 4.66. The first-order valence-corrected chi connectivity index (χ1v) is 7.66. The summed E-state index contributed by atoms with van der Waals surface area (Å²) in [4.78, 5) is 11.7. The van der Waals surface area contributed by atoms with Crippen LogP contribution in [0, 0.1) is 0 Å². The third-order valence-corrected chi connectivity index (χ3v) is 4.82. The summed E-state index contributed by atoms with van der Waals surface area (Å²) < 4.78 is 5.66. The van der Waals surface area contributed by atoms with E-state index < -0.39 is 0 Å². The molecule has 3 atom stereocenters. The minimum atomic E-state index is 0.0253. The van der Waals surface area contributed by atoms with E-state index in [0.29, 0.717) is 5.25 Å². The third kappa shape index (κ3) is 1.85. The van der Waals surface area contributed by atoms with Crippen LogP contribution < -0.4 is 0 Å². The molecule has 0 amide bonds. The van der Waals surface area contributed by atoms with Crippen LogP contribution in [0.5, 0.6) is 0 Å². The normalized spacial score (nSPS) is 28.6. The van der Waals surface area contributed by atoms with Crippen LogP contribution in [0.15, 0.2) is 52.2 Å². The van der Waals surface area contributed by atoms with Gasteiger partial charge in [0.05, 0.1) is 12.0 Å². The Balaban J connectivity index is 1.77. The van der Waals surface area contributed by atoms with Crippen LogP contribution in [0.4, 0.5) is 0 Å². The number of thioether (sulfide) groups is 1. The Morgan fingerprint density at radius 1 is 1.30 bits per heavy atom. The van der Waals surface area contributed by atoms with E-state index in [4.69, 9.17) is 9.41 Å². The maximum absolute atomic E-state index is 5.66. The summed E-state index contributed by atoms with van der Waals surface area (Å²) in [5.41, 5.74) is 1.00. The average molecular weight is 285 g/mol. The lowest BCUT2D eigenvalue weighted by Gasteiger charge is -2.24. The fourth-order valence-corrected chi connectivity index (χ4v) is 3.98. The Morgan fingerprint density at radius 2 is 2.25 bits per heavy atom. The Bertz CT molecular complexity index is 626. The van der Waals surface area contributed by atoms with Gasteiger partial charge in [-0.3, -0.25) is 4.98 Å². The summed E-state index contributed by atoms with van der Waals surface area (Å²) in [6.07, 6.45) is 3.56. The Hall–Kier alpha value is -1.75. The van der Waals surface area contributed by atoms with Gasteiger partial charge in [0.15, 0.2) is 5.17 Å². The number of rotatable bonds is 2. The van der Waals surface area contributed by atoms with E-state index in [0.717, 1.165) is 23.2 Å². The van der Waals surface area contributed by atoms with Crippen molar-refractivity contribution in [2.75, 3.05) is 6.54 Å². The number of amidine groups is 1. The molecule has 0 bridgehead atoms. The highest BCUT2D eigenvalue weighted by atomic mass is 32.2. The number of aromatic nitrogens is 1. The molecule has 0 radical (unpaired) electrons. The van der Waals surface area contributed by atoms with E-state index in [2.05, 4.69) is 16.8 Å². The lowest BCUT2D eigenvalue weighted by molar-refractivity contribution is 0.275. The van der Waals surface area contributed by atoms with Crippen LogP contribution >= 0.6 is 11.8 Å². The quantitative estimate of drug-likeness (QED) is 0.849. The number of nitrogens with zero attached hydrogens (tertiary/aromatic N) is 3. The predicted molar refractivity (Wildman–Crippen MR) is 79.6 cm³/mol. The Morgan fingerprint density at radius 3 is 3.00 bits per heavy atom. The molecule has 2 aromatic rings. The molecule has 4 heterocycles. The van der Waals surface area contributed by atoms with E-state index in [1.807, 2.05) is 48.3 Å². The van der Waals surface area contributed by atoms with Crippen LogP contribution in [0.2, 0.25) is 0 Å². The monoisotopic (exact) mass is 285 g/mol. The van der Waals surface area contributed by atoms with Crippen molar-refractivity contribution in [3.8, 4) is 0 Å². The number of hydrogen-bond donors (Lipinski definition) is 0. The highest BCUT2D eigenvalue weighted by Gasteiger charge is 2.44. The largest absolute Gasteiger partial charge is 0.467 e. The molecule has 0 saturated carbocycles. The van der Waals surface area contributed by atoms with Crippen molar-refractivity contribution in [3.05, 3.63) is 54.2 Å². The Kier molecular flexibility index (Phi) is 2.80. The highest BCUT2D eigenvalue weighted by molar-refractivity contribution is 8.14. The molecular formula is C15H15N3OS. The summed E-state index contributed by atoms with van der Waals surface area (Å²) in [7, 11) is 0. The molecule has 2 aromatic heterocycles. The molecule has 0 aromatic carbocycles. The molecule has 1 saturated heterocycles. The molecule has 20 heavy (non-hydrogen) atoms. The van der Waals surface area contributed by atoms with Crippen molar-refractivity contribution in [1.82, 2.24) is 9.88 Å². The molecule has 0 N–H and O–H groups in total. The van der Waals surface area contributed by atoms with Crippen molar-refractivity contribution < 1.29 is 4.42 Å². The van der Waals surface area contributed by atoms with Gasteiger partial charge in [-0.05, 0) is 24.3 Å². The summed E-state index contributed by atoms with van der Waals surface area (Å²) >= 11 is 1.84. The van der Waals surface area contributed by atoms with Crippen molar-refractivity contribution >= 4 is 16.9 Å². The van der Waals surface area contributed by atoms with Gasteiger partial charge in [-0.25, -0.2) is 4.99 Å². The van der Waals surface area contributed by atoms with E-state index in [1.54, 1.807) is 6.26 Å². The molecule has 5 heteroatoms. The van der Waals surface area contributed by atoms with Gasteiger partial charge in [-0.15, -0.1) is 0 Å². The molecule has 0 spiro atoms. The number of furan rings is 1. The minimum Gasteiger partial charge on any atom is -0.467 e. The van der Waals surface area contributed by atoms with E-state index >= 15 is 0 Å². The van der Waals surface area contributed by atoms with Crippen LogP contribution in [-0.4, -0.2) is 26.8 Å². The van der Waals surface area contributed by atoms with Crippen LogP contribution in [0.1, 0.15) is 30.5 Å². The first kappa shape index (κ1) is 12.0. The molecule has 2 aliphatic rings. The first-order valence-electron chi connectivity index (χ1n) is 6.78. The molecule has 2 aliphatic heterocycles. The van der Waals surface area contributed by atoms with Crippen LogP contribution in [0.25, 0.3) is 0 Å². The SMILES string of the molecule is C[C@@H]1CN2C(=N[C@H](c3ccccn3)[C@H]2c2ccco2)S1. The number of pyridine rings is 1. The second-order valence-electron chi connectivity index (χ2n) is 5.15. The van der Waals surface area contributed by atoms with E-state index in [1.165, 1.54) is 0 Å². The van der Waals surface area contributed by atoms with Crippen molar-refractivity contribution in [1.29, 1.82) is 0 Å². The van der Waals surface area contributed by atoms with Gasteiger partial charge in [-0.2, -0.15) is 0 Å². The zero-order chi connectivity index (χ0) is 13.5. The van der Waals surface area contributed by atoms with Gasteiger partial charge in [-0.1, -0.05) is 24.8 Å². The molecule has 102 valence electrons. The number of hydrogen-bond acceptors (Lipinski definition) is 5. The van der Waals surface area contributed by atoms with E-state index in [-0.39, 0.29) is 12.1 Å². The molecule has 4 rings (SSSR count). The first-order chi connectivity index (χ1) is 9.83. The zero-order valence-electron chi connectivity index (χ0n) is 11.1. The summed E-state index contributed by atoms with van der Waals surface area (Å²) in [5.74, 6) is 0.967. The highest BCUT2D eigenvalue weighted by Crippen LogP contribution is 2.47. The Labute approximate surface area is 121 Å². The zero-order valence-corrected chi connectivity index (χ0v) is 12.0. The average Bonchev–Trinajstić information content (AvgIpc) is 3.14. The second-order valence-corrected chi connectivity index (χ2v) is 6.56. The lowest BCUT2D eigenvalue weighted by atomic mass is 10.0. The fourth-order valence-electron chi connectivity index (χ4n) is 2.88. The predicted octanol–water partition coefficient (Wildman–Crippen LogP) is 3.26. The van der Waals surface area contributed by atoms with Gasteiger partial charge in [0, 0.05) is 18.0 Å². The van der Waals surface area contributed by atoms with Gasteiger partial charge < -0.3 is 9.32 Å². The van der Waals surface area contributed by atoms with Crippen molar-refractivity contribution in [2.45, 2.75) is 24.3 Å². The third-order valence-electron chi connectivity index (χ3n) is 3.72. The van der Waals surface area contributed by atoms with Gasteiger partial charge >= 0.3 is 0 Å². The smallest absolute Gasteiger partial charge is 0.161 e. The summed E-state index contributed by atoms with van der Waals surface area (Å²) in [6, 6.07) is 10.1. The standard InChI is InChI=1S/C15H15N3OS/c1-10-9-18-14(12-6-4-8-19-12)13(17-15(18)20-10)11-5-2-3-7-16-11/h2-8,10,13-14H,9H2,1H3/t10-,13-,14-/m1/s1. The maximum atomic E-state index is 5.66. The van der Waals surface area contributed by atoms with Crippen LogP contribution in [0.3, 0.4) is 0 Å².